The van der Waals surface area contributed by atoms with Crippen molar-refractivity contribution in [2.24, 2.45) is 5.92 Å². The van der Waals surface area contributed by atoms with Crippen LogP contribution in [0.5, 0.6) is 0 Å². The normalized spacial score (nSPS) is 28.1. The molecule has 82 valence electrons. The molecule has 1 amide bonds. The minimum absolute atomic E-state index is 0.110. The van der Waals surface area contributed by atoms with E-state index in [0.717, 1.165) is 6.42 Å². The minimum Gasteiger partial charge on any atom is -0.353 e. The smallest absolute Gasteiger partial charge is 0.221 e. The summed E-state index contributed by atoms with van der Waals surface area (Å²) in [6.45, 7) is 2.23. The number of amides is 1. The Morgan fingerprint density at radius 2 is 2.07 bits per heavy atom. The van der Waals surface area contributed by atoms with Gasteiger partial charge < -0.3 is 5.32 Å². The van der Waals surface area contributed by atoms with Crippen LogP contribution in [0.15, 0.2) is 0 Å². The molecule has 2 unspecified atom stereocenters. The molecule has 1 aliphatic rings. The van der Waals surface area contributed by atoms with Crippen molar-refractivity contribution in [2.45, 2.75) is 51.5 Å². The van der Waals surface area contributed by atoms with Crippen molar-refractivity contribution in [1.29, 1.82) is 0 Å². The molecule has 2 atom stereocenters. The quantitative estimate of drug-likeness (QED) is 0.572. The van der Waals surface area contributed by atoms with E-state index in [4.69, 9.17) is 11.6 Å². The van der Waals surface area contributed by atoms with Gasteiger partial charge >= 0.3 is 0 Å². The van der Waals surface area contributed by atoms with Crippen molar-refractivity contribution < 1.29 is 4.79 Å². The van der Waals surface area contributed by atoms with Gasteiger partial charge in [0.25, 0.3) is 0 Å². The van der Waals surface area contributed by atoms with Crippen LogP contribution in [0, 0.1) is 5.92 Å². The number of carbonyl (C=O) groups is 1. The average molecular weight is 218 g/mol. The van der Waals surface area contributed by atoms with E-state index in [1.165, 1.54) is 25.7 Å². The van der Waals surface area contributed by atoms with Crippen molar-refractivity contribution in [3.63, 3.8) is 0 Å². The number of hydrogen-bond donors (Lipinski definition) is 1. The highest BCUT2D eigenvalue weighted by Crippen LogP contribution is 2.22. The van der Waals surface area contributed by atoms with Crippen LogP contribution in [-0.2, 0) is 4.79 Å². The Hall–Kier alpha value is -0.240. The lowest BCUT2D eigenvalue weighted by atomic mass is 9.97. The van der Waals surface area contributed by atoms with E-state index < -0.39 is 0 Å². The highest BCUT2D eigenvalue weighted by Gasteiger charge is 2.20. The molecule has 0 aromatic carbocycles. The zero-order chi connectivity index (χ0) is 10.4. The SMILES string of the molecule is CC1CCCCCC1NC(=O)CCCl. The lowest BCUT2D eigenvalue weighted by Gasteiger charge is -2.22. The third-order valence-corrected chi connectivity index (χ3v) is 3.22. The largest absolute Gasteiger partial charge is 0.353 e. The summed E-state index contributed by atoms with van der Waals surface area (Å²) in [5, 5.41) is 3.09. The third kappa shape index (κ3) is 3.87. The van der Waals surface area contributed by atoms with Gasteiger partial charge in [-0.1, -0.05) is 26.2 Å². The Balaban J connectivity index is 2.36. The van der Waals surface area contributed by atoms with E-state index in [1.807, 2.05) is 0 Å². The molecule has 0 spiro atoms. The average Bonchev–Trinajstić information content (AvgIpc) is 2.33. The number of rotatable bonds is 3. The molecular formula is C11H20ClNO. The number of hydrogen-bond acceptors (Lipinski definition) is 1. The molecule has 0 radical (unpaired) electrons. The van der Waals surface area contributed by atoms with Crippen LogP contribution in [0.2, 0.25) is 0 Å². The topological polar surface area (TPSA) is 29.1 Å². The molecule has 0 heterocycles. The maximum absolute atomic E-state index is 11.4. The summed E-state index contributed by atoms with van der Waals surface area (Å²) in [7, 11) is 0. The molecule has 1 fully saturated rings. The van der Waals surface area contributed by atoms with Gasteiger partial charge in [-0.05, 0) is 18.8 Å². The first kappa shape index (κ1) is 11.8. The van der Waals surface area contributed by atoms with Crippen molar-refractivity contribution in [3.8, 4) is 0 Å². The van der Waals surface area contributed by atoms with E-state index in [2.05, 4.69) is 12.2 Å². The molecule has 0 saturated heterocycles. The van der Waals surface area contributed by atoms with Crippen LogP contribution in [0.3, 0.4) is 0 Å². The Bertz CT molecular complexity index is 184. The van der Waals surface area contributed by atoms with Gasteiger partial charge in [-0.3, -0.25) is 4.79 Å². The fraction of sp³-hybridized carbons (Fsp3) is 0.909. The molecular weight excluding hydrogens is 198 g/mol. The molecule has 14 heavy (non-hydrogen) atoms. The molecule has 0 aromatic rings. The number of carbonyl (C=O) groups excluding carboxylic acids is 1. The van der Waals surface area contributed by atoms with Gasteiger partial charge in [-0.25, -0.2) is 0 Å². The van der Waals surface area contributed by atoms with Gasteiger partial charge in [0.2, 0.25) is 5.91 Å². The fourth-order valence-corrected chi connectivity index (χ4v) is 2.24. The maximum Gasteiger partial charge on any atom is 0.221 e. The Morgan fingerprint density at radius 1 is 1.36 bits per heavy atom. The maximum atomic E-state index is 11.4. The molecule has 2 nitrogen and oxygen atoms in total. The van der Waals surface area contributed by atoms with Crippen molar-refractivity contribution in [3.05, 3.63) is 0 Å². The van der Waals surface area contributed by atoms with E-state index in [1.54, 1.807) is 0 Å². The first-order valence-electron chi connectivity index (χ1n) is 5.59. The van der Waals surface area contributed by atoms with E-state index in [0.29, 0.717) is 24.3 Å². The van der Waals surface area contributed by atoms with Crippen molar-refractivity contribution >= 4 is 17.5 Å². The molecule has 3 heteroatoms. The Morgan fingerprint density at radius 3 is 2.79 bits per heavy atom. The van der Waals surface area contributed by atoms with Crippen LogP contribution in [0.25, 0.3) is 0 Å². The first-order chi connectivity index (χ1) is 6.74. The summed E-state index contributed by atoms with van der Waals surface area (Å²) in [6.07, 6.45) is 6.69. The predicted molar refractivity (Wildman–Crippen MR) is 59.5 cm³/mol. The van der Waals surface area contributed by atoms with Crippen LogP contribution in [0.4, 0.5) is 0 Å². The van der Waals surface area contributed by atoms with Crippen LogP contribution < -0.4 is 5.32 Å². The molecule has 1 aliphatic carbocycles. The van der Waals surface area contributed by atoms with Crippen LogP contribution in [0.1, 0.15) is 45.4 Å². The van der Waals surface area contributed by atoms with Gasteiger partial charge in [0, 0.05) is 18.3 Å². The molecule has 1 rings (SSSR count). The summed E-state index contributed by atoms with van der Waals surface area (Å²) in [4.78, 5) is 11.4. The molecule has 0 bridgehead atoms. The molecule has 0 aliphatic heterocycles. The zero-order valence-electron chi connectivity index (χ0n) is 8.89. The van der Waals surface area contributed by atoms with Gasteiger partial charge in [-0.15, -0.1) is 11.6 Å². The molecule has 1 saturated carbocycles. The predicted octanol–water partition coefficient (Wildman–Crippen LogP) is 2.70. The second kappa shape index (κ2) is 6.28. The van der Waals surface area contributed by atoms with Crippen molar-refractivity contribution in [1.82, 2.24) is 5.32 Å². The highest BCUT2D eigenvalue weighted by atomic mass is 35.5. The first-order valence-corrected chi connectivity index (χ1v) is 6.13. The van der Waals surface area contributed by atoms with E-state index >= 15 is 0 Å². The zero-order valence-corrected chi connectivity index (χ0v) is 9.65. The Kier molecular flexibility index (Phi) is 5.31. The second-order valence-corrected chi connectivity index (χ2v) is 4.61. The second-order valence-electron chi connectivity index (χ2n) is 4.23. The lowest BCUT2D eigenvalue weighted by Crippen LogP contribution is -2.38. The highest BCUT2D eigenvalue weighted by molar-refractivity contribution is 6.18. The summed E-state index contributed by atoms with van der Waals surface area (Å²) < 4.78 is 0. The van der Waals surface area contributed by atoms with Gasteiger partial charge in [0.15, 0.2) is 0 Å². The van der Waals surface area contributed by atoms with Gasteiger partial charge in [-0.2, -0.15) is 0 Å². The molecule has 1 N–H and O–H groups in total. The summed E-state index contributed by atoms with van der Waals surface area (Å²) in [5.74, 6) is 1.16. The summed E-state index contributed by atoms with van der Waals surface area (Å²) in [6, 6.07) is 0.383. The summed E-state index contributed by atoms with van der Waals surface area (Å²) >= 11 is 5.52. The minimum atomic E-state index is 0.110. The van der Waals surface area contributed by atoms with Crippen LogP contribution >= 0.6 is 11.6 Å². The summed E-state index contributed by atoms with van der Waals surface area (Å²) in [5.41, 5.74) is 0. The Labute approximate surface area is 91.4 Å². The number of nitrogens with one attached hydrogen (secondary N) is 1. The third-order valence-electron chi connectivity index (χ3n) is 3.03. The van der Waals surface area contributed by atoms with E-state index in [9.17, 15) is 4.79 Å². The number of alkyl halides is 1. The molecule has 0 aromatic heterocycles. The van der Waals surface area contributed by atoms with Crippen molar-refractivity contribution in [2.75, 3.05) is 5.88 Å². The van der Waals surface area contributed by atoms with Gasteiger partial charge in [0.1, 0.15) is 0 Å². The van der Waals surface area contributed by atoms with Crippen LogP contribution in [-0.4, -0.2) is 17.8 Å². The monoisotopic (exact) mass is 217 g/mol. The fourth-order valence-electron chi connectivity index (χ4n) is 2.07. The number of halogens is 1. The lowest BCUT2D eigenvalue weighted by molar-refractivity contribution is -0.121. The van der Waals surface area contributed by atoms with Gasteiger partial charge in [0.05, 0.1) is 0 Å². The van der Waals surface area contributed by atoms with E-state index in [-0.39, 0.29) is 5.91 Å². The standard InChI is InChI=1S/C11H20ClNO/c1-9-5-3-2-4-6-10(9)13-11(14)7-8-12/h9-10H,2-8H2,1H3,(H,13,14).